The highest BCUT2D eigenvalue weighted by molar-refractivity contribution is 5.67. The summed E-state index contributed by atoms with van der Waals surface area (Å²) >= 11 is 0. The van der Waals surface area contributed by atoms with Gasteiger partial charge in [0.25, 0.3) is 0 Å². The first-order valence-corrected chi connectivity index (χ1v) is 6.06. The zero-order valence-corrected chi connectivity index (χ0v) is 11.0. The third kappa shape index (κ3) is 8.53. The quantitative estimate of drug-likeness (QED) is 0.735. The van der Waals surface area contributed by atoms with Crippen LogP contribution in [-0.2, 0) is 4.74 Å². The monoisotopic (exact) mass is 230 g/mol. The van der Waals surface area contributed by atoms with Gasteiger partial charge in [-0.1, -0.05) is 19.8 Å². The molecular formula is C12H26N2O2. The van der Waals surface area contributed by atoms with Gasteiger partial charge in [-0.05, 0) is 39.7 Å². The maximum Gasteiger partial charge on any atom is 0.407 e. The van der Waals surface area contributed by atoms with E-state index in [-0.39, 0.29) is 6.09 Å². The summed E-state index contributed by atoms with van der Waals surface area (Å²) in [6.07, 6.45) is 3.01. The number of hydrogen-bond acceptors (Lipinski definition) is 3. The van der Waals surface area contributed by atoms with E-state index in [2.05, 4.69) is 12.2 Å². The molecular weight excluding hydrogens is 204 g/mol. The van der Waals surface area contributed by atoms with E-state index < -0.39 is 5.60 Å². The molecule has 3 N–H and O–H groups in total. The standard InChI is InChI=1S/C12H26N2O2/c1-5-6-7-10(8-13)9-14-11(15)16-12(2,3)4/h10H,5-9,13H2,1-4H3,(H,14,15). The van der Waals surface area contributed by atoms with Gasteiger partial charge >= 0.3 is 6.09 Å². The van der Waals surface area contributed by atoms with Gasteiger partial charge in [0, 0.05) is 6.54 Å². The smallest absolute Gasteiger partial charge is 0.407 e. The van der Waals surface area contributed by atoms with E-state index in [0.29, 0.717) is 19.0 Å². The number of carbonyl (C=O) groups is 1. The van der Waals surface area contributed by atoms with E-state index in [9.17, 15) is 4.79 Å². The summed E-state index contributed by atoms with van der Waals surface area (Å²) in [5.74, 6) is 0.354. The topological polar surface area (TPSA) is 64.3 Å². The Morgan fingerprint density at radius 3 is 2.50 bits per heavy atom. The lowest BCUT2D eigenvalue weighted by molar-refractivity contribution is 0.0519. The third-order valence-corrected chi connectivity index (χ3v) is 2.23. The van der Waals surface area contributed by atoms with Crippen LogP contribution in [0.15, 0.2) is 0 Å². The van der Waals surface area contributed by atoms with Crippen LogP contribution in [0.5, 0.6) is 0 Å². The van der Waals surface area contributed by atoms with Gasteiger partial charge in [0.1, 0.15) is 5.60 Å². The lowest BCUT2D eigenvalue weighted by Gasteiger charge is -2.21. The molecule has 4 nitrogen and oxygen atoms in total. The Morgan fingerprint density at radius 2 is 2.06 bits per heavy atom. The van der Waals surface area contributed by atoms with E-state index in [4.69, 9.17) is 10.5 Å². The molecule has 0 bridgehead atoms. The number of ether oxygens (including phenoxy) is 1. The SMILES string of the molecule is CCCCC(CN)CNC(=O)OC(C)(C)C. The van der Waals surface area contributed by atoms with Crippen molar-refractivity contribution in [3.63, 3.8) is 0 Å². The molecule has 0 aromatic heterocycles. The molecule has 0 spiro atoms. The zero-order valence-electron chi connectivity index (χ0n) is 11.0. The van der Waals surface area contributed by atoms with Crippen molar-refractivity contribution in [1.29, 1.82) is 0 Å². The minimum Gasteiger partial charge on any atom is -0.444 e. The third-order valence-electron chi connectivity index (χ3n) is 2.23. The number of amides is 1. The van der Waals surface area contributed by atoms with Gasteiger partial charge in [-0.3, -0.25) is 0 Å². The maximum atomic E-state index is 11.4. The molecule has 4 heteroatoms. The summed E-state index contributed by atoms with van der Waals surface area (Å²) in [4.78, 5) is 11.4. The fourth-order valence-electron chi connectivity index (χ4n) is 1.34. The van der Waals surface area contributed by atoms with Crippen molar-refractivity contribution in [2.45, 2.75) is 52.6 Å². The summed E-state index contributed by atoms with van der Waals surface area (Å²) in [5, 5.41) is 2.76. The molecule has 1 amide bonds. The van der Waals surface area contributed by atoms with Gasteiger partial charge < -0.3 is 15.8 Å². The second kappa shape index (κ2) is 7.49. The van der Waals surface area contributed by atoms with Crippen LogP contribution < -0.4 is 11.1 Å². The molecule has 0 heterocycles. The fourth-order valence-corrected chi connectivity index (χ4v) is 1.34. The molecule has 96 valence electrons. The Bertz CT molecular complexity index is 200. The first kappa shape index (κ1) is 15.2. The van der Waals surface area contributed by atoms with Crippen LogP contribution in [0, 0.1) is 5.92 Å². The van der Waals surface area contributed by atoms with Crippen LogP contribution in [0.3, 0.4) is 0 Å². The second-order valence-corrected chi connectivity index (χ2v) is 5.13. The summed E-state index contributed by atoms with van der Waals surface area (Å²) < 4.78 is 5.15. The first-order chi connectivity index (χ1) is 7.39. The number of rotatable bonds is 6. The van der Waals surface area contributed by atoms with Gasteiger partial charge in [-0.2, -0.15) is 0 Å². The second-order valence-electron chi connectivity index (χ2n) is 5.13. The highest BCUT2D eigenvalue weighted by Gasteiger charge is 2.16. The van der Waals surface area contributed by atoms with Crippen molar-refractivity contribution >= 4 is 6.09 Å². The largest absolute Gasteiger partial charge is 0.444 e. The van der Waals surface area contributed by atoms with E-state index in [0.717, 1.165) is 19.3 Å². The molecule has 0 aliphatic rings. The molecule has 0 aromatic carbocycles. The Hall–Kier alpha value is -0.770. The van der Waals surface area contributed by atoms with Crippen molar-refractivity contribution in [3.05, 3.63) is 0 Å². The molecule has 0 saturated carbocycles. The lowest BCUT2D eigenvalue weighted by Crippen LogP contribution is -2.37. The number of unbranched alkanes of at least 4 members (excludes halogenated alkanes) is 1. The van der Waals surface area contributed by atoms with Gasteiger partial charge in [-0.25, -0.2) is 4.79 Å². The van der Waals surface area contributed by atoms with E-state index in [1.165, 1.54) is 0 Å². The van der Waals surface area contributed by atoms with Crippen molar-refractivity contribution in [2.24, 2.45) is 11.7 Å². The van der Waals surface area contributed by atoms with Crippen LogP contribution in [0.1, 0.15) is 47.0 Å². The highest BCUT2D eigenvalue weighted by atomic mass is 16.6. The van der Waals surface area contributed by atoms with E-state index in [1.54, 1.807) is 0 Å². The number of nitrogens with one attached hydrogen (secondary N) is 1. The maximum absolute atomic E-state index is 11.4. The molecule has 0 saturated heterocycles. The van der Waals surface area contributed by atoms with Crippen LogP contribution in [0.25, 0.3) is 0 Å². The molecule has 1 atom stereocenters. The van der Waals surface area contributed by atoms with Crippen LogP contribution in [0.4, 0.5) is 4.79 Å². The summed E-state index contributed by atoms with van der Waals surface area (Å²) in [5.41, 5.74) is 5.20. The summed E-state index contributed by atoms with van der Waals surface area (Å²) in [6, 6.07) is 0. The lowest BCUT2D eigenvalue weighted by atomic mass is 10.0. The Morgan fingerprint density at radius 1 is 1.44 bits per heavy atom. The Balaban J connectivity index is 3.79. The number of hydrogen-bond donors (Lipinski definition) is 2. The minimum absolute atomic E-state index is 0.354. The predicted octanol–water partition coefficient (Wildman–Crippen LogP) is 2.28. The van der Waals surface area contributed by atoms with Gasteiger partial charge in [0.2, 0.25) is 0 Å². The van der Waals surface area contributed by atoms with Crippen LogP contribution >= 0.6 is 0 Å². The minimum atomic E-state index is -0.439. The first-order valence-electron chi connectivity index (χ1n) is 6.06. The number of nitrogens with two attached hydrogens (primary N) is 1. The van der Waals surface area contributed by atoms with Crippen molar-refractivity contribution in [2.75, 3.05) is 13.1 Å². The van der Waals surface area contributed by atoms with Crippen molar-refractivity contribution in [3.8, 4) is 0 Å². The zero-order chi connectivity index (χ0) is 12.6. The Labute approximate surface area is 98.9 Å². The summed E-state index contributed by atoms with van der Waals surface area (Å²) in [6.45, 7) is 8.91. The highest BCUT2D eigenvalue weighted by Crippen LogP contribution is 2.08. The summed E-state index contributed by atoms with van der Waals surface area (Å²) in [7, 11) is 0. The molecule has 0 rings (SSSR count). The molecule has 0 aliphatic heterocycles. The van der Waals surface area contributed by atoms with Crippen LogP contribution in [0.2, 0.25) is 0 Å². The molecule has 0 aliphatic carbocycles. The predicted molar refractivity (Wildman–Crippen MR) is 66.3 cm³/mol. The van der Waals surface area contributed by atoms with Gasteiger partial charge in [0.15, 0.2) is 0 Å². The molecule has 0 aromatic rings. The molecule has 0 radical (unpaired) electrons. The molecule has 16 heavy (non-hydrogen) atoms. The molecule has 0 fully saturated rings. The average Bonchev–Trinajstić information content (AvgIpc) is 2.15. The van der Waals surface area contributed by atoms with E-state index in [1.807, 2.05) is 20.8 Å². The number of carbonyl (C=O) groups excluding carboxylic acids is 1. The normalized spacial score (nSPS) is 13.3. The van der Waals surface area contributed by atoms with Crippen molar-refractivity contribution < 1.29 is 9.53 Å². The fraction of sp³-hybridized carbons (Fsp3) is 0.917. The average molecular weight is 230 g/mol. The van der Waals surface area contributed by atoms with Gasteiger partial charge in [0.05, 0.1) is 0 Å². The van der Waals surface area contributed by atoms with E-state index >= 15 is 0 Å². The molecule has 1 unspecified atom stereocenters. The van der Waals surface area contributed by atoms with Gasteiger partial charge in [-0.15, -0.1) is 0 Å². The van der Waals surface area contributed by atoms with Crippen molar-refractivity contribution in [1.82, 2.24) is 5.32 Å². The Kier molecular flexibility index (Phi) is 7.13. The number of alkyl carbamates (subject to hydrolysis) is 1. The van der Waals surface area contributed by atoms with Crippen LogP contribution in [-0.4, -0.2) is 24.8 Å².